The fraction of sp³-hybridized carbons (Fsp3) is 0.727. The van der Waals surface area contributed by atoms with Gasteiger partial charge in [-0.15, -0.1) is 0 Å². The summed E-state index contributed by atoms with van der Waals surface area (Å²) in [5, 5.41) is 12.2. The summed E-state index contributed by atoms with van der Waals surface area (Å²) in [4.78, 5) is 0. The minimum Gasteiger partial charge on any atom is -0.313 e. The maximum Gasteiger partial charge on any atom is 0.0943 e. The van der Waals surface area contributed by atoms with Crippen molar-refractivity contribution in [1.29, 1.82) is 5.26 Å². The molecule has 0 aromatic carbocycles. The van der Waals surface area contributed by atoms with Crippen LogP contribution >= 0.6 is 0 Å². The van der Waals surface area contributed by atoms with Gasteiger partial charge in [-0.05, 0) is 31.7 Å². The highest BCUT2D eigenvalue weighted by molar-refractivity contribution is 5.23. The van der Waals surface area contributed by atoms with Gasteiger partial charge in [-0.25, -0.2) is 0 Å². The van der Waals surface area contributed by atoms with Crippen molar-refractivity contribution in [3.8, 4) is 6.07 Å². The zero-order valence-electron chi connectivity index (χ0n) is 8.51. The molecule has 1 rings (SSSR count). The smallest absolute Gasteiger partial charge is 0.0943 e. The Bertz CT molecular complexity index is 223. The zero-order chi connectivity index (χ0) is 9.68. The van der Waals surface area contributed by atoms with Gasteiger partial charge in [0.15, 0.2) is 0 Å². The van der Waals surface area contributed by atoms with Crippen molar-refractivity contribution in [3.05, 3.63) is 11.6 Å². The van der Waals surface area contributed by atoms with Crippen molar-refractivity contribution < 1.29 is 0 Å². The topological polar surface area (TPSA) is 35.8 Å². The maximum absolute atomic E-state index is 8.66. The van der Waals surface area contributed by atoms with E-state index in [-0.39, 0.29) is 0 Å². The van der Waals surface area contributed by atoms with Crippen molar-refractivity contribution in [3.63, 3.8) is 0 Å². The molecule has 1 aliphatic carbocycles. The van der Waals surface area contributed by atoms with E-state index in [1.165, 1.54) is 0 Å². The standard InChI is InChI=1S/C11H18N2/c1-9(2)8-13-11-5-3-10(7-12)4-6-11/h3,9,11,13H,4-6,8H2,1-2H3. The Morgan fingerprint density at radius 1 is 1.69 bits per heavy atom. The summed E-state index contributed by atoms with van der Waals surface area (Å²) in [5.74, 6) is 0.710. The van der Waals surface area contributed by atoms with Gasteiger partial charge in [-0.1, -0.05) is 19.9 Å². The van der Waals surface area contributed by atoms with Crippen LogP contribution in [0.3, 0.4) is 0 Å². The van der Waals surface area contributed by atoms with Gasteiger partial charge in [0, 0.05) is 11.6 Å². The Morgan fingerprint density at radius 2 is 2.46 bits per heavy atom. The highest BCUT2D eigenvalue weighted by atomic mass is 14.9. The molecule has 0 heterocycles. The SMILES string of the molecule is CC(C)CNC1CC=C(C#N)CC1. The van der Waals surface area contributed by atoms with Crippen LogP contribution in [0.4, 0.5) is 0 Å². The quantitative estimate of drug-likeness (QED) is 0.719. The van der Waals surface area contributed by atoms with E-state index in [9.17, 15) is 0 Å². The maximum atomic E-state index is 8.66. The molecule has 0 amide bonds. The van der Waals surface area contributed by atoms with Gasteiger partial charge in [0.05, 0.1) is 6.07 Å². The van der Waals surface area contributed by atoms with Gasteiger partial charge in [-0.2, -0.15) is 5.26 Å². The minimum atomic E-state index is 0.597. The molecule has 2 heteroatoms. The van der Waals surface area contributed by atoms with E-state index in [2.05, 4.69) is 31.3 Å². The normalized spacial score (nSPS) is 22.6. The second-order valence-corrected chi connectivity index (χ2v) is 4.11. The molecule has 1 atom stereocenters. The summed E-state index contributed by atoms with van der Waals surface area (Å²) < 4.78 is 0. The Balaban J connectivity index is 2.26. The molecule has 0 radical (unpaired) electrons. The van der Waals surface area contributed by atoms with E-state index in [1.807, 2.05) is 0 Å². The predicted octanol–water partition coefficient (Wildman–Crippen LogP) is 2.23. The second kappa shape index (κ2) is 5.04. The summed E-state index contributed by atoms with van der Waals surface area (Å²) in [6, 6.07) is 2.82. The average Bonchev–Trinajstić information content (AvgIpc) is 2.15. The van der Waals surface area contributed by atoms with Gasteiger partial charge < -0.3 is 5.32 Å². The van der Waals surface area contributed by atoms with Crippen LogP contribution in [0.25, 0.3) is 0 Å². The van der Waals surface area contributed by atoms with Crippen molar-refractivity contribution >= 4 is 0 Å². The highest BCUT2D eigenvalue weighted by Crippen LogP contribution is 2.17. The van der Waals surface area contributed by atoms with Crippen molar-refractivity contribution in [1.82, 2.24) is 5.32 Å². The molecule has 2 nitrogen and oxygen atoms in total. The molecule has 0 saturated carbocycles. The lowest BCUT2D eigenvalue weighted by Crippen LogP contribution is -2.33. The first-order valence-corrected chi connectivity index (χ1v) is 5.05. The minimum absolute atomic E-state index is 0.597. The lowest BCUT2D eigenvalue weighted by atomic mass is 9.96. The van der Waals surface area contributed by atoms with Crippen LogP contribution in [-0.4, -0.2) is 12.6 Å². The largest absolute Gasteiger partial charge is 0.313 e. The number of hydrogen-bond acceptors (Lipinski definition) is 2. The van der Waals surface area contributed by atoms with E-state index >= 15 is 0 Å². The van der Waals surface area contributed by atoms with Crippen LogP contribution < -0.4 is 5.32 Å². The van der Waals surface area contributed by atoms with Gasteiger partial charge in [0.1, 0.15) is 0 Å². The van der Waals surface area contributed by atoms with Crippen LogP contribution in [0.5, 0.6) is 0 Å². The van der Waals surface area contributed by atoms with Crippen LogP contribution in [0.15, 0.2) is 11.6 Å². The third kappa shape index (κ3) is 3.61. The molecule has 0 saturated heterocycles. The molecule has 0 spiro atoms. The first-order chi connectivity index (χ1) is 6.22. The van der Waals surface area contributed by atoms with E-state index in [0.29, 0.717) is 12.0 Å². The molecule has 0 fully saturated rings. The fourth-order valence-corrected chi connectivity index (χ4v) is 1.52. The van der Waals surface area contributed by atoms with Gasteiger partial charge in [0.25, 0.3) is 0 Å². The van der Waals surface area contributed by atoms with Crippen LogP contribution in [0.1, 0.15) is 33.1 Å². The van der Waals surface area contributed by atoms with E-state index in [4.69, 9.17) is 5.26 Å². The van der Waals surface area contributed by atoms with Gasteiger partial charge in [0.2, 0.25) is 0 Å². The van der Waals surface area contributed by atoms with E-state index in [1.54, 1.807) is 0 Å². The van der Waals surface area contributed by atoms with E-state index in [0.717, 1.165) is 31.4 Å². The summed E-state index contributed by atoms with van der Waals surface area (Å²) in [6.45, 7) is 5.51. The van der Waals surface area contributed by atoms with E-state index < -0.39 is 0 Å². The molecule has 0 aromatic heterocycles. The first kappa shape index (κ1) is 10.3. The summed E-state index contributed by atoms with van der Waals surface area (Å²) in [6.07, 6.45) is 5.16. The molecule has 13 heavy (non-hydrogen) atoms. The van der Waals surface area contributed by atoms with Crippen molar-refractivity contribution in [2.24, 2.45) is 5.92 Å². The molecule has 1 N–H and O–H groups in total. The number of rotatable bonds is 3. The summed E-state index contributed by atoms with van der Waals surface area (Å²) >= 11 is 0. The van der Waals surface area contributed by atoms with Crippen molar-refractivity contribution in [2.45, 2.75) is 39.2 Å². The number of allylic oxidation sites excluding steroid dienone is 1. The first-order valence-electron chi connectivity index (χ1n) is 5.05. The number of nitriles is 1. The average molecular weight is 178 g/mol. The van der Waals surface area contributed by atoms with Crippen LogP contribution in [-0.2, 0) is 0 Å². The second-order valence-electron chi connectivity index (χ2n) is 4.11. The Labute approximate surface area is 80.6 Å². The molecule has 72 valence electrons. The summed E-state index contributed by atoms with van der Waals surface area (Å²) in [7, 11) is 0. The monoisotopic (exact) mass is 178 g/mol. The lowest BCUT2D eigenvalue weighted by molar-refractivity contribution is 0.434. The molecule has 1 aliphatic rings. The highest BCUT2D eigenvalue weighted by Gasteiger charge is 2.13. The Kier molecular flexibility index (Phi) is 3.98. The van der Waals surface area contributed by atoms with Gasteiger partial charge >= 0.3 is 0 Å². The van der Waals surface area contributed by atoms with Crippen molar-refractivity contribution in [2.75, 3.05) is 6.54 Å². The molecular formula is C11H18N2. The van der Waals surface area contributed by atoms with Crippen LogP contribution in [0, 0.1) is 17.2 Å². The van der Waals surface area contributed by atoms with Crippen LogP contribution in [0.2, 0.25) is 0 Å². The number of hydrogen-bond donors (Lipinski definition) is 1. The van der Waals surface area contributed by atoms with Gasteiger partial charge in [-0.3, -0.25) is 0 Å². The fourth-order valence-electron chi connectivity index (χ4n) is 1.52. The third-order valence-electron chi connectivity index (χ3n) is 2.37. The molecule has 0 bridgehead atoms. The molecule has 0 aliphatic heterocycles. The third-order valence-corrected chi connectivity index (χ3v) is 2.37. The zero-order valence-corrected chi connectivity index (χ0v) is 8.51. The lowest BCUT2D eigenvalue weighted by Gasteiger charge is -2.21. The summed E-state index contributed by atoms with van der Waals surface area (Å²) in [5.41, 5.74) is 0.961. The Hall–Kier alpha value is -0.810. The molecule has 1 unspecified atom stereocenters. The molecular weight excluding hydrogens is 160 g/mol. The predicted molar refractivity (Wildman–Crippen MR) is 54.2 cm³/mol. The number of nitrogens with one attached hydrogen (secondary N) is 1. The number of nitrogens with zero attached hydrogens (tertiary/aromatic N) is 1. The molecule has 0 aromatic rings. The Morgan fingerprint density at radius 3 is 2.92 bits per heavy atom.